The Morgan fingerprint density at radius 2 is 1.48 bits per heavy atom. The maximum absolute atomic E-state index is 12.9. The first-order valence-electron chi connectivity index (χ1n) is 15.8. The lowest BCUT2D eigenvalue weighted by Crippen LogP contribution is -2.52. The highest BCUT2D eigenvalue weighted by molar-refractivity contribution is 5.93. The molecule has 16 heteroatoms. The van der Waals surface area contributed by atoms with Crippen LogP contribution in [0.1, 0.15) is 63.9 Å². The number of nitrogens with two attached hydrogens (primary N) is 1. The summed E-state index contributed by atoms with van der Waals surface area (Å²) in [7, 11) is 0. The van der Waals surface area contributed by atoms with Crippen molar-refractivity contribution in [1.82, 2.24) is 31.5 Å². The second kappa shape index (κ2) is 21.5. The van der Waals surface area contributed by atoms with Crippen molar-refractivity contribution in [2.24, 2.45) is 5.73 Å². The zero-order chi connectivity index (χ0) is 35.3. The normalized spacial score (nSPS) is 12.1. The highest BCUT2D eigenvalue weighted by Gasteiger charge is 2.24. The summed E-state index contributed by atoms with van der Waals surface area (Å²) in [5.74, 6) is -3.84. The molecule has 1 aliphatic rings. The van der Waals surface area contributed by atoms with Gasteiger partial charge in [-0.05, 0) is 43.2 Å². The summed E-state index contributed by atoms with van der Waals surface area (Å²) in [5.41, 5.74) is 6.77. The number of hydrogen-bond donors (Lipinski definition) is 6. The van der Waals surface area contributed by atoms with E-state index in [1.54, 1.807) is 30.3 Å². The Hall–Kier alpha value is -5.28. The maximum Gasteiger partial charge on any atom is 0.283 e. The lowest BCUT2D eigenvalue weighted by molar-refractivity contribution is -0.138. The molecule has 1 saturated carbocycles. The molecule has 16 nitrogen and oxygen atoms in total. The largest absolute Gasteiger partial charge is 0.468 e. The quantitative estimate of drug-likeness (QED) is 0.0276. The van der Waals surface area contributed by atoms with Gasteiger partial charge in [-0.2, -0.15) is 0 Å². The predicted molar refractivity (Wildman–Crippen MR) is 172 cm³/mol. The number of imide groups is 1. The van der Waals surface area contributed by atoms with Crippen molar-refractivity contribution in [3.05, 3.63) is 47.2 Å². The van der Waals surface area contributed by atoms with Gasteiger partial charge in [-0.3, -0.25) is 43.3 Å². The van der Waals surface area contributed by atoms with Crippen molar-refractivity contribution < 1.29 is 43.1 Å². The zero-order valence-electron chi connectivity index (χ0n) is 27.1. The van der Waals surface area contributed by atoms with Crippen LogP contribution >= 0.6 is 0 Å². The maximum atomic E-state index is 12.9. The van der Waals surface area contributed by atoms with Crippen LogP contribution in [0.4, 0.5) is 0 Å². The average Bonchev–Trinajstić information content (AvgIpc) is 3.90. The van der Waals surface area contributed by atoms with Crippen molar-refractivity contribution in [3.8, 4) is 0 Å². The van der Waals surface area contributed by atoms with E-state index >= 15 is 0 Å². The molecule has 1 atom stereocenters. The van der Waals surface area contributed by atoms with Gasteiger partial charge in [-0.15, -0.1) is 0 Å². The molecule has 2 rings (SSSR count). The first kappa shape index (κ1) is 38.9. The van der Waals surface area contributed by atoms with Crippen molar-refractivity contribution >= 4 is 47.8 Å². The van der Waals surface area contributed by atoms with Gasteiger partial charge in [0, 0.05) is 25.8 Å². The molecular formula is C32H45N7O9. The summed E-state index contributed by atoms with van der Waals surface area (Å²) in [4.78, 5) is 97.5. The summed E-state index contributed by atoms with van der Waals surface area (Å²) in [6.45, 7) is 0.562. The number of unbranched alkanes of at least 4 members (excludes halogenated alkanes) is 2. The fraction of sp³-hybridized carbons (Fsp3) is 0.500. The summed E-state index contributed by atoms with van der Waals surface area (Å²) in [6, 6.07) is 7.78. The number of carbonyl (C=O) groups is 8. The van der Waals surface area contributed by atoms with Crippen LogP contribution in [0.5, 0.6) is 0 Å². The lowest BCUT2D eigenvalue weighted by Gasteiger charge is -2.19. The van der Waals surface area contributed by atoms with Gasteiger partial charge in [0.15, 0.2) is 12.5 Å². The fourth-order valence-electron chi connectivity index (χ4n) is 4.33. The Kier molecular flexibility index (Phi) is 17.4. The molecule has 0 saturated heterocycles. The summed E-state index contributed by atoms with van der Waals surface area (Å²) in [6.07, 6.45) is 4.77. The van der Waals surface area contributed by atoms with E-state index in [0.29, 0.717) is 51.4 Å². The molecule has 0 bridgehead atoms. The second-order valence-electron chi connectivity index (χ2n) is 11.0. The summed E-state index contributed by atoms with van der Waals surface area (Å²) >= 11 is 0. The molecule has 262 valence electrons. The molecule has 1 fully saturated rings. The van der Waals surface area contributed by atoms with E-state index in [-0.39, 0.29) is 50.2 Å². The Labute approximate surface area is 278 Å². The second-order valence-corrected chi connectivity index (χ2v) is 11.0. The molecule has 7 N–H and O–H groups in total. The van der Waals surface area contributed by atoms with Crippen LogP contribution in [-0.2, 0) is 49.5 Å². The van der Waals surface area contributed by atoms with E-state index < -0.39 is 48.7 Å². The average molecular weight is 672 g/mol. The number of nitrogens with zero attached hydrogens (tertiary/aromatic N) is 1. The van der Waals surface area contributed by atoms with Crippen LogP contribution in [0.25, 0.3) is 0 Å². The van der Waals surface area contributed by atoms with Crippen LogP contribution < -0.4 is 32.3 Å². The molecule has 0 aliphatic heterocycles. The van der Waals surface area contributed by atoms with Gasteiger partial charge in [-0.25, -0.2) is 0 Å². The number of carbonyl (C=O) groups excluding carboxylic acids is 8. The topological polar surface area (TPSA) is 235 Å². The molecule has 0 heterocycles. The molecule has 0 spiro atoms. The van der Waals surface area contributed by atoms with E-state index in [9.17, 15) is 38.4 Å². The monoisotopic (exact) mass is 671 g/mol. The Bertz CT molecular complexity index is 1330. The van der Waals surface area contributed by atoms with Gasteiger partial charge >= 0.3 is 0 Å². The van der Waals surface area contributed by atoms with Crippen molar-refractivity contribution in [2.45, 2.75) is 70.8 Å². The molecular weight excluding hydrogens is 626 g/mol. The van der Waals surface area contributed by atoms with E-state index in [2.05, 4.69) is 26.6 Å². The predicted octanol–water partition coefficient (Wildman–Crippen LogP) is -0.968. The molecule has 0 radical (unpaired) electrons. The van der Waals surface area contributed by atoms with Crippen molar-refractivity contribution in [2.75, 3.05) is 32.9 Å². The number of benzene rings is 1. The van der Waals surface area contributed by atoms with Crippen LogP contribution in [0.15, 0.2) is 41.7 Å². The van der Waals surface area contributed by atoms with Crippen LogP contribution in [0.2, 0.25) is 0 Å². The Balaban J connectivity index is 1.72. The zero-order valence-corrected chi connectivity index (χ0v) is 27.1. The third-order valence-electron chi connectivity index (χ3n) is 6.99. The van der Waals surface area contributed by atoms with Gasteiger partial charge in [0.1, 0.15) is 6.04 Å². The highest BCUT2D eigenvalue weighted by Crippen LogP contribution is 2.31. The molecule has 1 aromatic rings. The van der Waals surface area contributed by atoms with E-state index in [0.717, 1.165) is 16.0 Å². The third-order valence-corrected chi connectivity index (χ3v) is 6.99. The van der Waals surface area contributed by atoms with Gasteiger partial charge in [0.25, 0.3) is 5.91 Å². The van der Waals surface area contributed by atoms with E-state index in [1.807, 2.05) is 6.92 Å². The Morgan fingerprint density at radius 1 is 0.833 bits per heavy atom. The molecule has 8 amide bonds. The van der Waals surface area contributed by atoms with Gasteiger partial charge in [0.2, 0.25) is 41.9 Å². The highest BCUT2D eigenvalue weighted by atomic mass is 16.5. The number of primary amides is 1. The van der Waals surface area contributed by atoms with Crippen molar-refractivity contribution in [3.63, 3.8) is 0 Å². The van der Waals surface area contributed by atoms with Crippen LogP contribution in [0, 0.1) is 0 Å². The number of ether oxygens (including phenoxy) is 1. The van der Waals surface area contributed by atoms with Crippen molar-refractivity contribution in [1.29, 1.82) is 0 Å². The van der Waals surface area contributed by atoms with Gasteiger partial charge in [0.05, 0.1) is 19.6 Å². The SMILES string of the molecule is CCCC(=O)N(C=O)CCCCCC(=O)NCC(=O)NCC(=O)NC(Cc1ccccc1)C(=O)NCC(=O)NCOC(C(N)=O)=C1CC1. The standard InChI is InChI=1S/C32H45N7O9/c1-2-9-29(45)39(21-40)15-8-4-7-12-25(41)34-17-26(42)35-19-28(44)38-24(16-22-10-5-3-6-11-22)32(47)36-18-27(43)37-20-48-30(31(33)46)23-13-14-23/h3,5-6,10-11,21,24H,2,4,7-9,12-20H2,1H3,(H2,33,46)(H,34,41)(H,35,42)(H,36,47)(H,37,43)(H,38,44). The number of hydrogen-bond acceptors (Lipinski definition) is 9. The lowest BCUT2D eigenvalue weighted by atomic mass is 10.1. The van der Waals surface area contributed by atoms with Crippen LogP contribution in [0.3, 0.4) is 0 Å². The number of amides is 8. The first-order chi connectivity index (χ1) is 23.0. The number of nitrogens with one attached hydrogen (secondary N) is 5. The number of rotatable bonds is 23. The molecule has 1 aliphatic carbocycles. The molecule has 48 heavy (non-hydrogen) atoms. The Morgan fingerprint density at radius 3 is 2.12 bits per heavy atom. The molecule has 1 unspecified atom stereocenters. The fourth-order valence-corrected chi connectivity index (χ4v) is 4.33. The van der Waals surface area contributed by atoms with Crippen LogP contribution in [-0.4, -0.2) is 91.6 Å². The first-order valence-corrected chi connectivity index (χ1v) is 15.8. The number of allylic oxidation sites excluding steroid dienone is 1. The minimum Gasteiger partial charge on any atom is -0.468 e. The minimum atomic E-state index is -1.08. The summed E-state index contributed by atoms with van der Waals surface area (Å²) in [5, 5.41) is 12.3. The van der Waals surface area contributed by atoms with Gasteiger partial charge < -0.3 is 37.1 Å². The summed E-state index contributed by atoms with van der Waals surface area (Å²) < 4.78 is 5.24. The third kappa shape index (κ3) is 15.8. The van der Waals surface area contributed by atoms with E-state index in [4.69, 9.17) is 10.5 Å². The van der Waals surface area contributed by atoms with E-state index in [1.165, 1.54) is 0 Å². The minimum absolute atomic E-state index is 0.0212. The molecule has 0 aromatic heterocycles. The molecule has 1 aromatic carbocycles. The van der Waals surface area contributed by atoms with Gasteiger partial charge in [-0.1, -0.05) is 43.7 Å². The smallest absolute Gasteiger partial charge is 0.283 e.